The van der Waals surface area contributed by atoms with E-state index < -0.39 is 0 Å². The fourth-order valence-corrected chi connectivity index (χ4v) is 4.71. The van der Waals surface area contributed by atoms with Gasteiger partial charge in [0, 0.05) is 23.7 Å². The van der Waals surface area contributed by atoms with Crippen LogP contribution in [0.4, 0.5) is 5.69 Å². The number of anilines is 1. The molecule has 1 heterocycles. The molecular formula is C23H29ClN2S. The predicted molar refractivity (Wildman–Crippen MR) is 122 cm³/mol. The molecule has 3 rings (SSSR count). The Balaban J connectivity index is 1.73. The van der Waals surface area contributed by atoms with Crippen molar-refractivity contribution in [2.75, 3.05) is 11.2 Å². The summed E-state index contributed by atoms with van der Waals surface area (Å²) in [7, 11) is 0. The Hall–Kier alpha value is -1.42. The molecule has 4 heteroatoms. The Kier molecular flexibility index (Phi) is 6.25. The summed E-state index contributed by atoms with van der Waals surface area (Å²) in [6.07, 6.45) is 6.46. The highest BCUT2D eigenvalue weighted by atomic mass is 35.5. The molecule has 27 heavy (non-hydrogen) atoms. The van der Waals surface area contributed by atoms with Crippen molar-refractivity contribution in [2.45, 2.75) is 51.3 Å². The molecule has 0 saturated carbocycles. The zero-order valence-corrected chi connectivity index (χ0v) is 18.1. The van der Waals surface area contributed by atoms with Crippen molar-refractivity contribution < 1.29 is 0 Å². The van der Waals surface area contributed by atoms with Crippen molar-refractivity contribution in [3.05, 3.63) is 70.5 Å². The maximum Gasteiger partial charge on any atom is 0.0921 e. The minimum atomic E-state index is 0.332. The number of hydrogen-bond donors (Lipinski definition) is 2. The Labute approximate surface area is 173 Å². The highest BCUT2D eigenvalue weighted by Gasteiger charge is 2.46. The first-order valence-corrected chi connectivity index (χ1v) is 10.8. The van der Waals surface area contributed by atoms with Crippen molar-refractivity contribution in [1.82, 2.24) is 4.72 Å². The van der Waals surface area contributed by atoms with Crippen molar-refractivity contribution in [2.24, 2.45) is 0 Å². The lowest BCUT2D eigenvalue weighted by Gasteiger charge is -2.25. The van der Waals surface area contributed by atoms with Gasteiger partial charge in [0.2, 0.25) is 0 Å². The third-order valence-electron chi connectivity index (χ3n) is 5.43. The maximum atomic E-state index is 5.77. The van der Waals surface area contributed by atoms with Crippen LogP contribution in [0.2, 0.25) is 0 Å². The molecule has 0 radical (unpaired) electrons. The highest BCUT2D eigenvalue weighted by Crippen LogP contribution is 2.51. The van der Waals surface area contributed by atoms with Crippen LogP contribution >= 0.6 is 23.5 Å². The van der Waals surface area contributed by atoms with Gasteiger partial charge in [0.25, 0.3) is 0 Å². The van der Waals surface area contributed by atoms with Gasteiger partial charge in [0.05, 0.1) is 4.87 Å². The number of rotatable bonds is 7. The first-order valence-electron chi connectivity index (χ1n) is 9.47. The number of aryl methyl sites for hydroxylation is 1. The normalized spacial score (nSPS) is 22.1. The van der Waals surface area contributed by atoms with Crippen molar-refractivity contribution >= 4 is 35.3 Å². The summed E-state index contributed by atoms with van der Waals surface area (Å²) in [6, 6.07) is 6.41. The molecule has 2 aliphatic rings. The van der Waals surface area contributed by atoms with E-state index in [1.165, 1.54) is 39.8 Å². The minimum absolute atomic E-state index is 0.332. The van der Waals surface area contributed by atoms with Crippen molar-refractivity contribution in [1.29, 1.82) is 0 Å². The van der Waals surface area contributed by atoms with Crippen molar-refractivity contribution in [3.8, 4) is 0 Å². The Morgan fingerprint density at radius 3 is 2.70 bits per heavy atom. The van der Waals surface area contributed by atoms with Gasteiger partial charge in [-0.1, -0.05) is 42.8 Å². The van der Waals surface area contributed by atoms with Crippen molar-refractivity contribution in [3.63, 3.8) is 0 Å². The molecule has 0 bridgehead atoms. The van der Waals surface area contributed by atoms with Crippen LogP contribution in [0, 0.1) is 6.92 Å². The molecule has 1 aromatic rings. The number of alkyl halides is 1. The largest absolute Gasteiger partial charge is 0.359 e. The SMILES string of the molecule is C=C(CCCl)Nc1ccc(/C=C(\C)C(=C)C2=C(C)CC3(CC2)NS3)c(C)c1. The summed E-state index contributed by atoms with van der Waals surface area (Å²) >= 11 is 7.66. The Morgan fingerprint density at radius 2 is 2.11 bits per heavy atom. The lowest BCUT2D eigenvalue weighted by molar-refractivity contribution is 0.556. The van der Waals surface area contributed by atoms with Gasteiger partial charge in [-0.25, -0.2) is 4.72 Å². The topological polar surface area (TPSA) is 34.0 Å². The molecule has 2 nitrogen and oxygen atoms in total. The number of hydrogen-bond acceptors (Lipinski definition) is 3. The Bertz CT molecular complexity index is 831. The second-order valence-corrected chi connectivity index (χ2v) is 9.25. The third kappa shape index (κ3) is 4.90. The molecule has 1 fully saturated rings. The molecule has 1 atom stereocenters. The van der Waals surface area contributed by atoms with Crippen LogP contribution in [0.3, 0.4) is 0 Å². The molecule has 1 saturated heterocycles. The van der Waals surface area contributed by atoms with E-state index in [2.05, 4.69) is 68.2 Å². The number of nitrogens with one attached hydrogen (secondary N) is 2. The van der Waals surface area contributed by atoms with Crippen LogP contribution < -0.4 is 10.0 Å². The fourth-order valence-electron chi connectivity index (χ4n) is 3.67. The van der Waals surface area contributed by atoms with E-state index >= 15 is 0 Å². The molecule has 1 unspecified atom stereocenters. The number of benzene rings is 1. The van der Waals surface area contributed by atoms with Crippen LogP contribution in [-0.4, -0.2) is 10.8 Å². The van der Waals surface area contributed by atoms with Crippen LogP contribution in [0.15, 0.2) is 59.3 Å². The summed E-state index contributed by atoms with van der Waals surface area (Å²) in [4.78, 5) is 0.332. The molecule has 1 aromatic carbocycles. The molecule has 1 aliphatic heterocycles. The fraction of sp³-hybridized carbons (Fsp3) is 0.391. The molecule has 0 amide bonds. The molecule has 2 N–H and O–H groups in total. The summed E-state index contributed by atoms with van der Waals surface area (Å²) < 4.78 is 3.46. The second-order valence-electron chi connectivity index (χ2n) is 7.68. The van der Waals surface area contributed by atoms with Crippen LogP contribution in [-0.2, 0) is 0 Å². The number of allylic oxidation sites excluding steroid dienone is 4. The van der Waals surface area contributed by atoms with Crippen LogP contribution in [0.1, 0.15) is 50.7 Å². The minimum Gasteiger partial charge on any atom is -0.359 e. The lowest BCUT2D eigenvalue weighted by Crippen LogP contribution is -2.20. The first-order chi connectivity index (χ1) is 12.8. The molecule has 144 valence electrons. The smallest absolute Gasteiger partial charge is 0.0921 e. The van der Waals surface area contributed by atoms with E-state index in [-0.39, 0.29) is 0 Å². The van der Waals surface area contributed by atoms with Gasteiger partial charge in [-0.15, -0.1) is 11.6 Å². The molecular weight excluding hydrogens is 372 g/mol. The molecule has 1 spiro atoms. The lowest BCUT2D eigenvalue weighted by atomic mass is 9.83. The van der Waals surface area contributed by atoms with Gasteiger partial charge >= 0.3 is 0 Å². The zero-order chi connectivity index (χ0) is 19.6. The van der Waals surface area contributed by atoms with E-state index in [0.29, 0.717) is 10.8 Å². The predicted octanol–water partition coefficient (Wildman–Crippen LogP) is 6.96. The van der Waals surface area contributed by atoms with E-state index in [0.717, 1.165) is 30.6 Å². The second kappa shape index (κ2) is 8.30. The quantitative estimate of drug-likeness (QED) is 0.224. The average Bonchev–Trinajstić information content (AvgIpc) is 3.35. The van der Waals surface area contributed by atoms with Gasteiger partial charge in [-0.05, 0) is 80.0 Å². The summed E-state index contributed by atoms with van der Waals surface area (Å²) in [5.41, 5.74) is 9.81. The summed E-state index contributed by atoms with van der Waals surface area (Å²) in [5, 5.41) is 3.33. The van der Waals surface area contributed by atoms with Gasteiger partial charge in [-0.3, -0.25) is 0 Å². The standard InChI is InChI=1S/C23H29ClN2S/c1-15(19(5)22-8-10-23(26-27-23)14-17(22)3)12-20-6-7-21(13-16(20)2)25-18(4)9-11-24/h6-7,12-13,25-26H,4-5,8-11,14H2,1-3H3/b15-12+. The van der Waals surface area contributed by atoms with Gasteiger partial charge < -0.3 is 5.32 Å². The maximum absolute atomic E-state index is 5.77. The van der Waals surface area contributed by atoms with Gasteiger partial charge in [0.15, 0.2) is 0 Å². The van der Waals surface area contributed by atoms with E-state index in [9.17, 15) is 0 Å². The monoisotopic (exact) mass is 400 g/mol. The van der Waals surface area contributed by atoms with Gasteiger partial charge in [0.1, 0.15) is 0 Å². The van der Waals surface area contributed by atoms with E-state index in [4.69, 9.17) is 11.6 Å². The Morgan fingerprint density at radius 1 is 1.37 bits per heavy atom. The molecule has 1 aliphatic carbocycles. The van der Waals surface area contributed by atoms with E-state index in [1.54, 1.807) is 0 Å². The number of halogens is 1. The summed E-state index contributed by atoms with van der Waals surface area (Å²) in [5.74, 6) is 0.581. The first kappa shape index (κ1) is 20.3. The third-order valence-corrected chi connectivity index (χ3v) is 6.75. The highest BCUT2D eigenvalue weighted by molar-refractivity contribution is 8.05. The van der Waals surface area contributed by atoms with E-state index in [1.807, 2.05) is 11.9 Å². The van der Waals surface area contributed by atoms with Crippen LogP contribution in [0.25, 0.3) is 6.08 Å². The zero-order valence-electron chi connectivity index (χ0n) is 16.5. The summed E-state index contributed by atoms with van der Waals surface area (Å²) in [6.45, 7) is 15.0. The average molecular weight is 401 g/mol. The van der Waals surface area contributed by atoms with Gasteiger partial charge in [-0.2, -0.15) is 0 Å². The van der Waals surface area contributed by atoms with Crippen LogP contribution in [0.5, 0.6) is 0 Å². The molecule has 0 aromatic heterocycles.